The number of sulfone groups is 1. The molecule has 0 fully saturated rings. The first-order valence-electron chi connectivity index (χ1n) is 5.69. The molecule has 1 aromatic rings. The van der Waals surface area contributed by atoms with Crippen LogP contribution in [0.25, 0.3) is 0 Å². The molecule has 0 aliphatic heterocycles. The van der Waals surface area contributed by atoms with Gasteiger partial charge >= 0.3 is 0 Å². The lowest BCUT2D eigenvalue weighted by atomic mass is 10.0. The van der Waals surface area contributed by atoms with E-state index in [0.29, 0.717) is 11.4 Å². The van der Waals surface area contributed by atoms with Crippen LogP contribution in [0.4, 0.5) is 0 Å². The van der Waals surface area contributed by atoms with Gasteiger partial charge in [-0.25, -0.2) is 8.42 Å². The molecule has 0 amide bonds. The van der Waals surface area contributed by atoms with Crippen molar-refractivity contribution in [2.24, 2.45) is 0 Å². The van der Waals surface area contributed by atoms with E-state index >= 15 is 0 Å². The first-order chi connectivity index (χ1) is 8.33. The number of halogens is 2. The van der Waals surface area contributed by atoms with E-state index in [1.54, 1.807) is 0 Å². The van der Waals surface area contributed by atoms with Gasteiger partial charge in [0.15, 0.2) is 0 Å². The lowest BCUT2D eigenvalue weighted by molar-refractivity contribution is 0.530. The predicted octanol–water partition coefficient (Wildman–Crippen LogP) is 3.19. The van der Waals surface area contributed by atoms with Crippen molar-refractivity contribution in [3.8, 4) is 0 Å². The number of hydrogen-bond donors (Lipinski definition) is 1. The second-order valence-corrected chi connectivity index (χ2v) is 7.78. The van der Waals surface area contributed by atoms with Gasteiger partial charge < -0.3 is 5.32 Å². The summed E-state index contributed by atoms with van der Waals surface area (Å²) < 4.78 is 23.4. The van der Waals surface area contributed by atoms with E-state index in [9.17, 15) is 8.42 Å². The number of hydrogen-bond acceptors (Lipinski definition) is 3. The van der Waals surface area contributed by atoms with Gasteiger partial charge in [-0.3, -0.25) is 0 Å². The monoisotopic (exact) mass is 353 g/mol. The topological polar surface area (TPSA) is 46.2 Å². The van der Waals surface area contributed by atoms with Crippen molar-refractivity contribution < 1.29 is 8.42 Å². The van der Waals surface area contributed by atoms with Gasteiger partial charge in [-0.15, -0.1) is 0 Å². The van der Waals surface area contributed by atoms with Crippen LogP contribution in [-0.2, 0) is 9.84 Å². The summed E-state index contributed by atoms with van der Waals surface area (Å²) in [5, 5.41) is 3.92. The summed E-state index contributed by atoms with van der Waals surface area (Å²) in [4.78, 5) is 0. The Labute approximate surface area is 122 Å². The van der Waals surface area contributed by atoms with E-state index in [4.69, 9.17) is 11.6 Å². The summed E-state index contributed by atoms with van der Waals surface area (Å²) in [6.07, 6.45) is 1.77. The van der Waals surface area contributed by atoms with Crippen LogP contribution in [-0.4, -0.2) is 27.0 Å². The van der Waals surface area contributed by atoms with Crippen LogP contribution in [0.1, 0.15) is 24.9 Å². The molecule has 18 heavy (non-hydrogen) atoms. The van der Waals surface area contributed by atoms with Crippen molar-refractivity contribution in [2.75, 3.05) is 18.6 Å². The Hall–Kier alpha value is -0.100. The maximum atomic E-state index is 11.3. The van der Waals surface area contributed by atoms with E-state index < -0.39 is 9.84 Å². The molecule has 1 rings (SSSR count). The number of nitrogens with one attached hydrogen (secondary N) is 1. The molecule has 102 valence electrons. The molecule has 1 atom stereocenters. The van der Waals surface area contributed by atoms with Crippen LogP contribution >= 0.6 is 27.5 Å². The van der Waals surface area contributed by atoms with Crippen LogP contribution in [0.2, 0.25) is 5.02 Å². The minimum atomic E-state index is -2.96. The molecule has 0 aromatic heterocycles. The molecule has 1 aromatic carbocycles. The quantitative estimate of drug-likeness (QED) is 0.853. The fourth-order valence-corrected chi connectivity index (χ4v) is 3.02. The summed E-state index contributed by atoms with van der Waals surface area (Å²) in [5.74, 6) is 0.146. The lowest BCUT2D eigenvalue weighted by Gasteiger charge is -2.19. The fraction of sp³-hybridized carbons (Fsp3) is 0.500. The lowest BCUT2D eigenvalue weighted by Crippen LogP contribution is -2.23. The normalized spacial score (nSPS) is 13.6. The molecule has 0 saturated carbocycles. The van der Waals surface area contributed by atoms with Gasteiger partial charge in [0.25, 0.3) is 0 Å². The molecule has 0 aliphatic rings. The van der Waals surface area contributed by atoms with Gasteiger partial charge in [0.2, 0.25) is 0 Å². The van der Waals surface area contributed by atoms with Crippen molar-refractivity contribution in [3.63, 3.8) is 0 Å². The molecule has 0 radical (unpaired) electrons. The standard InChI is InChI=1S/C12H17BrClNO2S/c1-3-15-12(6-7-18(2,16)17)10-8-9(13)4-5-11(10)14/h4-5,8,12,15H,3,6-7H2,1-2H3. The third-order valence-corrected chi connectivity index (χ3v) is 4.38. The summed E-state index contributed by atoms with van der Waals surface area (Å²) in [6, 6.07) is 5.56. The Kier molecular flexibility index (Phi) is 6.11. The van der Waals surface area contributed by atoms with Crippen molar-refractivity contribution in [3.05, 3.63) is 33.3 Å². The molecule has 3 nitrogen and oxygen atoms in total. The van der Waals surface area contributed by atoms with E-state index in [1.165, 1.54) is 6.26 Å². The van der Waals surface area contributed by atoms with Gasteiger partial charge in [0, 0.05) is 21.8 Å². The smallest absolute Gasteiger partial charge is 0.147 e. The number of benzene rings is 1. The first-order valence-corrected chi connectivity index (χ1v) is 8.92. The highest BCUT2D eigenvalue weighted by Gasteiger charge is 2.16. The minimum Gasteiger partial charge on any atom is -0.310 e. The summed E-state index contributed by atoms with van der Waals surface area (Å²) in [6.45, 7) is 2.75. The van der Waals surface area contributed by atoms with Crippen LogP contribution < -0.4 is 5.32 Å². The van der Waals surface area contributed by atoms with Crippen LogP contribution in [0, 0.1) is 0 Å². The van der Waals surface area contributed by atoms with Crippen molar-refractivity contribution in [2.45, 2.75) is 19.4 Å². The first kappa shape index (κ1) is 16.0. The largest absolute Gasteiger partial charge is 0.310 e. The third kappa shape index (κ3) is 5.26. The predicted molar refractivity (Wildman–Crippen MR) is 79.9 cm³/mol. The molecular weight excluding hydrogens is 338 g/mol. The van der Waals surface area contributed by atoms with Gasteiger partial charge in [0.1, 0.15) is 9.84 Å². The molecule has 6 heteroatoms. The zero-order chi connectivity index (χ0) is 13.8. The highest BCUT2D eigenvalue weighted by molar-refractivity contribution is 9.10. The molecule has 0 aliphatic carbocycles. The Balaban J connectivity index is 2.93. The zero-order valence-electron chi connectivity index (χ0n) is 10.4. The SMILES string of the molecule is CCNC(CCS(C)(=O)=O)c1cc(Br)ccc1Cl. The van der Waals surface area contributed by atoms with Crippen molar-refractivity contribution >= 4 is 37.4 Å². The van der Waals surface area contributed by atoms with Crippen LogP contribution in [0.5, 0.6) is 0 Å². The summed E-state index contributed by atoms with van der Waals surface area (Å²) in [7, 11) is -2.96. The molecule has 1 N–H and O–H groups in total. The zero-order valence-corrected chi connectivity index (χ0v) is 13.6. The summed E-state index contributed by atoms with van der Waals surface area (Å²) >= 11 is 9.57. The van der Waals surface area contributed by atoms with Gasteiger partial charge in [-0.2, -0.15) is 0 Å². The van der Waals surface area contributed by atoms with E-state index in [1.807, 2.05) is 25.1 Å². The van der Waals surface area contributed by atoms with Crippen LogP contribution in [0.15, 0.2) is 22.7 Å². The molecule has 0 heterocycles. The molecule has 0 bridgehead atoms. The van der Waals surface area contributed by atoms with E-state index in [0.717, 1.165) is 16.6 Å². The third-order valence-electron chi connectivity index (χ3n) is 2.56. The van der Waals surface area contributed by atoms with Gasteiger partial charge in [0.05, 0.1) is 5.75 Å². The highest BCUT2D eigenvalue weighted by Crippen LogP contribution is 2.28. The highest BCUT2D eigenvalue weighted by atomic mass is 79.9. The molecule has 1 unspecified atom stereocenters. The number of rotatable bonds is 6. The Morgan fingerprint density at radius 3 is 2.67 bits per heavy atom. The maximum absolute atomic E-state index is 11.3. The molecular formula is C12H17BrClNO2S. The Morgan fingerprint density at radius 2 is 2.11 bits per heavy atom. The Bertz CT molecular complexity index is 505. The van der Waals surface area contributed by atoms with E-state index in [2.05, 4.69) is 21.2 Å². The van der Waals surface area contributed by atoms with Crippen molar-refractivity contribution in [1.29, 1.82) is 0 Å². The average Bonchev–Trinajstić information content (AvgIpc) is 2.26. The summed E-state index contributed by atoms with van der Waals surface area (Å²) in [5.41, 5.74) is 0.927. The van der Waals surface area contributed by atoms with Gasteiger partial charge in [-0.1, -0.05) is 34.5 Å². The second kappa shape index (κ2) is 6.89. The fourth-order valence-electron chi connectivity index (χ4n) is 1.73. The Morgan fingerprint density at radius 1 is 1.44 bits per heavy atom. The minimum absolute atomic E-state index is 0.0466. The van der Waals surface area contributed by atoms with Crippen molar-refractivity contribution in [1.82, 2.24) is 5.32 Å². The molecule has 0 spiro atoms. The van der Waals surface area contributed by atoms with E-state index in [-0.39, 0.29) is 11.8 Å². The molecule has 0 saturated heterocycles. The average molecular weight is 355 g/mol. The van der Waals surface area contributed by atoms with Gasteiger partial charge in [-0.05, 0) is 36.7 Å². The second-order valence-electron chi connectivity index (χ2n) is 4.19. The maximum Gasteiger partial charge on any atom is 0.147 e. The van der Waals surface area contributed by atoms with Crippen LogP contribution in [0.3, 0.4) is 0 Å².